The maximum absolute atomic E-state index is 5.30. The van der Waals surface area contributed by atoms with E-state index >= 15 is 0 Å². The Morgan fingerprint density at radius 2 is 2.15 bits per heavy atom. The highest BCUT2D eigenvalue weighted by molar-refractivity contribution is 9.11. The van der Waals surface area contributed by atoms with E-state index in [1.807, 2.05) is 6.07 Å². The van der Waals surface area contributed by atoms with E-state index in [4.69, 9.17) is 9.47 Å². The van der Waals surface area contributed by atoms with E-state index in [0.29, 0.717) is 19.8 Å². The van der Waals surface area contributed by atoms with Crippen molar-refractivity contribution in [2.45, 2.75) is 12.8 Å². The van der Waals surface area contributed by atoms with Crippen molar-refractivity contribution in [2.24, 2.45) is 0 Å². The summed E-state index contributed by atoms with van der Waals surface area (Å²) in [6.45, 7) is 1.96. The number of hydrogen-bond acceptors (Lipinski definition) is 3. The van der Waals surface area contributed by atoms with Gasteiger partial charge in [-0.25, -0.2) is 0 Å². The fourth-order valence-corrected chi connectivity index (χ4v) is 2.30. The van der Waals surface area contributed by atoms with E-state index in [1.165, 1.54) is 0 Å². The van der Waals surface area contributed by atoms with Crippen molar-refractivity contribution in [3.8, 4) is 0 Å². The van der Waals surface area contributed by atoms with Gasteiger partial charge in [-0.15, -0.1) is 0 Å². The molecule has 2 rings (SSSR count). The molecule has 1 fully saturated rings. The number of nitrogens with zero attached hydrogens (tertiary/aromatic N) is 2. The average Bonchev–Trinajstić information content (AvgIpc) is 2.63. The van der Waals surface area contributed by atoms with Crippen LogP contribution < -0.4 is 0 Å². The summed E-state index contributed by atoms with van der Waals surface area (Å²) >= 11 is 6.67. The molecular formula is C7H8Br2N2O2. The van der Waals surface area contributed by atoms with Crippen LogP contribution in [0.15, 0.2) is 15.3 Å². The number of aromatic nitrogens is 2. The number of rotatable bonds is 2. The molecule has 0 aliphatic carbocycles. The highest BCUT2D eigenvalue weighted by Gasteiger charge is 2.18. The topological polar surface area (TPSA) is 36.3 Å². The molecule has 0 bridgehead atoms. The van der Waals surface area contributed by atoms with Crippen LogP contribution in [0.3, 0.4) is 0 Å². The van der Waals surface area contributed by atoms with Crippen LogP contribution in [0.2, 0.25) is 0 Å². The van der Waals surface area contributed by atoms with Crippen molar-refractivity contribution < 1.29 is 9.47 Å². The van der Waals surface area contributed by atoms with Crippen molar-refractivity contribution >= 4 is 31.9 Å². The van der Waals surface area contributed by atoms with Crippen molar-refractivity contribution in [3.05, 3.63) is 15.3 Å². The maximum atomic E-state index is 5.30. The fraction of sp³-hybridized carbons (Fsp3) is 0.571. The molecule has 1 aromatic heterocycles. The summed E-state index contributed by atoms with van der Waals surface area (Å²) in [5.41, 5.74) is 0. The molecule has 72 valence electrons. The molecule has 4 nitrogen and oxygen atoms in total. The van der Waals surface area contributed by atoms with Crippen LogP contribution in [0.4, 0.5) is 0 Å². The third kappa shape index (κ3) is 2.31. The quantitative estimate of drug-likeness (QED) is 0.835. The lowest BCUT2D eigenvalue weighted by Crippen LogP contribution is -2.17. The maximum Gasteiger partial charge on any atom is 0.177 e. The van der Waals surface area contributed by atoms with Crippen molar-refractivity contribution in [3.63, 3.8) is 0 Å². The summed E-state index contributed by atoms with van der Waals surface area (Å²) in [6.07, 6.45) is -0.164. The van der Waals surface area contributed by atoms with Crippen molar-refractivity contribution in [1.82, 2.24) is 9.78 Å². The fourth-order valence-electron chi connectivity index (χ4n) is 1.15. The van der Waals surface area contributed by atoms with Crippen LogP contribution in [0, 0.1) is 0 Å². The molecule has 0 N–H and O–H groups in total. The molecule has 0 aromatic carbocycles. The second-order valence-electron chi connectivity index (χ2n) is 2.64. The predicted octanol–water partition coefficient (Wildman–Crippen LogP) is 1.78. The van der Waals surface area contributed by atoms with Gasteiger partial charge in [-0.2, -0.15) is 5.10 Å². The van der Waals surface area contributed by atoms with Gasteiger partial charge in [0.2, 0.25) is 0 Å². The van der Waals surface area contributed by atoms with E-state index in [9.17, 15) is 0 Å². The van der Waals surface area contributed by atoms with Crippen molar-refractivity contribution in [2.75, 3.05) is 13.2 Å². The molecule has 2 heterocycles. The van der Waals surface area contributed by atoms with E-state index in [2.05, 4.69) is 37.0 Å². The highest BCUT2D eigenvalue weighted by atomic mass is 79.9. The number of ether oxygens (including phenoxy) is 2. The average molecular weight is 312 g/mol. The van der Waals surface area contributed by atoms with Crippen LogP contribution in [0.5, 0.6) is 0 Å². The van der Waals surface area contributed by atoms with Gasteiger partial charge in [-0.05, 0) is 31.9 Å². The Morgan fingerprint density at radius 3 is 2.69 bits per heavy atom. The Hall–Kier alpha value is 0.0900. The lowest BCUT2D eigenvalue weighted by Gasteiger charge is -2.09. The van der Waals surface area contributed by atoms with Gasteiger partial charge in [0.25, 0.3) is 0 Å². The SMILES string of the molecule is Brc1cc(Br)n(CC2OCCO2)n1. The van der Waals surface area contributed by atoms with Gasteiger partial charge in [0, 0.05) is 6.07 Å². The standard InChI is InChI=1S/C7H8Br2N2O2/c8-5-3-6(9)11(10-5)4-7-12-1-2-13-7/h3,7H,1-2,4H2. The molecule has 0 spiro atoms. The van der Waals surface area contributed by atoms with Crippen LogP contribution in [-0.4, -0.2) is 29.3 Å². The molecule has 0 unspecified atom stereocenters. The summed E-state index contributed by atoms with van der Waals surface area (Å²) in [5.74, 6) is 0. The van der Waals surface area contributed by atoms with E-state index in [1.54, 1.807) is 4.68 Å². The minimum Gasteiger partial charge on any atom is -0.348 e. The lowest BCUT2D eigenvalue weighted by molar-refractivity contribution is -0.0550. The van der Waals surface area contributed by atoms with E-state index in [-0.39, 0.29) is 6.29 Å². The summed E-state index contributed by atoms with van der Waals surface area (Å²) < 4.78 is 14.1. The van der Waals surface area contributed by atoms with Gasteiger partial charge in [-0.1, -0.05) is 0 Å². The largest absolute Gasteiger partial charge is 0.348 e. The van der Waals surface area contributed by atoms with Crippen LogP contribution in [-0.2, 0) is 16.0 Å². The lowest BCUT2D eigenvalue weighted by atomic mass is 10.6. The van der Waals surface area contributed by atoms with Gasteiger partial charge in [0.05, 0.1) is 19.8 Å². The number of hydrogen-bond donors (Lipinski definition) is 0. The second-order valence-corrected chi connectivity index (χ2v) is 4.27. The molecule has 0 radical (unpaired) electrons. The van der Waals surface area contributed by atoms with Gasteiger partial charge in [-0.3, -0.25) is 4.68 Å². The van der Waals surface area contributed by atoms with E-state index < -0.39 is 0 Å². The second kappa shape index (κ2) is 4.08. The Morgan fingerprint density at radius 1 is 1.46 bits per heavy atom. The predicted molar refractivity (Wildman–Crippen MR) is 53.3 cm³/mol. The molecule has 0 amide bonds. The molecule has 0 atom stereocenters. The molecule has 0 saturated carbocycles. The molecule has 1 saturated heterocycles. The summed E-state index contributed by atoms with van der Waals surface area (Å²) in [7, 11) is 0. The molecule has 1 aromatic rings. The summed E-state index contributed by atoms with van der Waals surface area (Å²) in [5, 5.41) is 4.20. The third-order valence-corrected chi connectivity index (χ3v) is 2.74. The van der Waals surface area contributed by atoms with E-state index in [0.717, 1.165) is 9.21 Å². The van der Waals surface area contributed by atoms with Crippen LogP contribution in [0.1, 0.15) is 0 Å². The molecule has 6 heteroatoms. The smallest absolute Gasteiger partial charge is 0.177 e. The van der Waals surface area contributed by atoms with Gasteiger partial charge >= 0.3 is 0 Å². The van der Waals surface area contributed by atoms with Crippen LogP contribution >= 0.6 is 31.9 Å². The first-order chi connectivity index (χ1) is 6.25. The number of halogens is 2. The molecular weight excluding hydrogens is 304 g/mol. The monoisotopic (exact) mass is 310 g/mol. The normalized spacial score (nSPS) is 18.3. The zero-order chi connectivity index (χ0) is 9.26. The minimum absolute atomic E-state index is 0.164. The van der Waals surface area contributed by atoms with Gasteiger partial charge < -0.3 is 9.47 Å². The highest BCUT2D eigenvalue weighted by Crippen LogP contribution is 2.18. The van der Waals surface area contributed by atoms with Crippen LogP contribution in [0.25, 0.3) is 0 Å². The Balaban J connectivity index is 2.03. The Bertz CT molecular complexity index is 297. The van der Waals surface area contributed by atoms with Gasteiger partial charge in [0.15, 0.2) is 6.29 Å². The first-order valence-electron chi connectivity index (χ1n) is 3.88. The Kier molecular flexibility index (Phi) is 3.02. The Labute approximate surface area is 92.5 Å². The summed E-state index contributed by atoms with van der Waals surface area (Å²) in [4.78, 5) is 0. The molecule has 1 aliphatic rings. The first-order valence-corrected chi connectivity index (χ1v) is 5.46. The third-order valence-electron chi connectivity index (χ3n) is 1.71. The first kappa shape index (κ1) is 9.64. The molecule has 1 aliphatic heterocycles. The minimum atomic E-state index is -0.164. The summed E-state index contributed by atoms with van der Waals surface area (Å²) in [6, 6.07) is 1.88. The molecule has 13 heavy (non-hydrogen) atoms. The van der Waals surface area contributed by atoms with Crippen molar-refractivity contribution in [1.29, 1.82) is 0 Å². The van der Waals surface area contributed by atoms with Gasteiger partial charge in [0.1, 0.15) is 9.21 Å². The zero-order valence-corrected chi connectivity index (χ0v) is 9.91. The zero-order valence-electron chi connectivity index (χ0n) is 6.74.